The van der Waals surface area contributed by atoms with Crippen molar-refractivity contribution in [2.24, 2.45) is 5.92 Å². The molecule has 1 fully saturated rings. The number of benzene rings is 1. The molecule has 2 rings (SSSR count). The molecule has 0 bridgehead atoms. The molecular weight excluding hydrogens is 268 g/mol. The van der Waals surface area contributed by atoms with Crippen LogP contribution in [0.15, 0.2) is 12.1 Å². The Labute approximate surface area is 118 Å². The minimum atomic E-state index is -0.0488. The molecule has 106 valence electrons. The molecule has 4 nitrogen and oxygen atoms in total. The molecule has 0 saturated carbocycles. The minimum Gasteiger partial charge on any atom is -0.493 e. The first-order valence-electron chi connectivity index (χ1n) is 6.23. The van der Waals surface area contributed by atoms with Gasteiger partial charge in [-0.2, -0.15) is 0 Å². The maximum Gasteiger partial charge on any atom is 0.203 e. The summed E-state index contributed by atoms with van der Waals surface area (Å²) in [5, 5.41) is 0. The molecule has 0 aromatic heterocycles. The van der Waals surface area contributed by atoms with E-state index in [0.717, 1.165) is 18.6 Å². The van der Waals surface area contributed by atoms with Crippen LogP contribution in [-0.2, 0) is 4.74 Å². The molecule has 1 aromatic rings. The van der Waals surface area contributed by atoms with Crippen molar-refractivity contribution in [1.82, 2.24) is 0 Å². The van der Waals surface area contributed by atoms with Crippen LogP contribution in [0, 0.1) is 5.92 Å². The first-order chi connectivity index (χ1) is 9.26. The first-order valence-corrected chi connectivity index (χ1v) is 6.76. The Bertz CT molecular complexity index is 436. The van der Waals surface area contributed by atoms with Crippen molar-refractivity contribution < 1.29 is 18.9 Å². The van der Waals surface area contributed by atoms with Crippen LogP contribution in [0.5, 0.6) is 17.2 Å². The van der Waals surface area contributed by atoms with Crippen molar-refractivity contribution in [2.45, 2.75) is 12.5 Å². The average molecular weight is 287 g/mol. The number of methoxy groups -OCH3 is 3. The fourth-order valence-corrected chi connectivity index (χ4v) is 2.80. The molecule has 1 aliphatic rings. The molecule has 2 unspecified atom stereocenters. The SMILES string of the molecule is COc1ccc(C2OCCC2CCl)c(OC)c1OC. The number of halogens is 1. The van der Waals surface area contributed by atoms with Gasteiger partial charge in [-0.05, 0) is 18.6 Å². The van der Waals surface area contributed by atoms with Crippen LogP contribution < -0.4 is 14.2 Å². The van der Waals surface area contributed by atoms with Gasteiger partial charge >= 0.3 is 0 Å². The lowest BCUT2D eigenvalue weighted by Crippen LogP contribution is -2.11. The van der Waals surface area contributed by atoms with Gasteiger partial charge in [0.15, 0.2) is 11.5 Å². The Morgan fingerprint density at radius 3 is 2.47 bits per heavy atom. The van der Waals surface area contributed by atoms with Crippen LogP contribution in [0.2, 0.25) is 0 Å². The van der Waals surface area contributed by atoms with E-state index in [1.807, 2.05) is 12.1 Å². The first kappa shape index (κ1) is 14.3. The summed E-state index contributed by atoms with van der Waals surface area (Å²) in [6.45, 7) is 0.722. The standard InChI is InChI=1S/C14H19ClO4/c1-16-11-5-4-10(13(17-2)14(11)18-3)12-9(8-15)6-7-19-12/h4-5,9,12H,6-8H2,1-3H3. The predicted molar refractivity (Wildman–Crippen MR) is 73.6 cm³/mol. The lowest BCUT2D eigenvalue weighted by Gasteiger charge is -2.22. The molecule has 1 aliphatic heterocycles. The van der Waals surface area contributed by atoms with Gasteiger partial charge in [0.05, 0.1) is 27.4 Å². The number of rotatable bonds is 5. The van der Waals surface area contributed by atoms with Crippen molar-refractivity contribution >= 4 is 11.6 Å². The maximum absolute atomic E-state index is 6.00. The number of alkyl halides is 1. The van der Waals surface area contributed by atoms with E-state index in [-0.39, 0.29) is 6.10 Å². The van der Waals surface area contributed by atoms with Crippen molar-refractivity contribution in [3.63, 3.8) is 0 Å². The van der Waals surface area contributed by atoms with Crippen LogP contribution in [0.25, 0.3) is 0 Å². The molecular formula is C14H19ClO4. The predicted octanol–water partition coefficient (Wildman–Crippen LogP) is 3.03. The zero-order chi connectivity index (χ0) is 13.8. The Hall–Kier alpha value is -1.13. The summed E-state index contributed by atoms with van der Waals surface area (Å²) in [6, 6.07) is 3.82. The zero-order valence-electron chi connectivity index (χ0n) is 11.4. The van der Waals surface area contributed by atoms with E-state index in [1.54, 1.807) is 21.3 Å². The lowest BCUT2D eigenvalue weighted by molar-refractivity contribution is 0.0923. The third-order valence-corrected chi connectivity index (χ3v) is 3.85. The van der Waals surface area contributed by atoms with Crippen LogP contribution in [0.3, 0.4) is 0 Å². The summed E-state index contributed by atoms with van der Waals surface area (Å²) in [5.41, 5.74) is 0.961. The Balaban J connectivity index is 2.45. The fraction of sp³-hybridized carbons (Fsp3) is 0.571. The average Bonchev–Trinajstić information content (AvgIpc) is 2.93. The quantitative estimate of drug-likeness (QED) is 0.780. The molecule has 1 aromatic carbocycles. The van der Waals surface area contributed by atoms with Gasteiger partial charge in [0.25, 0.3) is 0 Å². The van der Waals surface area contributed by atoms with Crippen molar-refractivity contribution in [2.75, 3.05) is 33.8 Å². The Morgan fingerprint density at radius 2 is 1.89 bits per heavy atom. The normalized spacial score (nSPS) is 22.3. The molecule has 1 saturated heterocycles. The molecule has 5 heteroatoms. The summed E-state index contributed by atoms with van der Waals surface area (Å²) >= 11 is 6.00. The molecule has 0 radical (unpaired) electrons. The second-order valence-electron chi connectivity index (χ2n) is 4.42. The van der Waals surface area contributed by atoms with Crippen LogP contribution in [0.4, 0.5) is 0 Å². The van der Waals surface area contributed by atoms with E-state index in [1.165, 1.54) is 0 Å². The number of ether oxygens (including phenoxy) is 4. The largest absolute Gasteiger partial charge is 0.493 e. The van der Waals surface area contributed by atoms with E-state index in [4.69, 9.17) is 30.5 Å². The zero-order valence-corrected chi connectivity index (χ0v) is 12.2. The van der Waals surface area contributed by atoms with Gasteiger partial charge in [0.1, 0.15) is 0 Å². The van der Waals surface area contributed by atoms with E-state index < -0.39 is 0 Å². The summed E-state index contributed by atoms with van der Waals surface area (Å²) in [7, 11) is 4.81. The Kier molecular flexibility index (Phi) is 4.77. The third-order valence-electron chi connectivity index (χ3n) is 3.45. The smallest absolute Gasteiger partial charge is 0.203 e. The van der Waals surface area contributed by atoms with Crippen molar-refractivity contribution in [3.8, 4) is 17.2 Å². The second kappa shape index (κ2) is 6.35. The molecule has 0 aliphatic carbocycles. The van der Waals surface area contributed by atoms with Gasteiger partial charge in [0, 0.05) is 24.0 Å². The topological polar surface area (TPSA) is 36.9 Å². The van der Waals surface area contributed by atoms with E-state index in [9.17, 15) is 0 Å². The highest BCUT2D eigenvalue weighted by atomic mass is 35.5. The molecule has 19 heavy (non-hydrogen) atoms. The number of hydrogen-bond acceptors (Lipinski definition) is 4. The van der Waals surface area contributed by atoms with Crippen LogP contribution in [0.1, 0.15) is 18.1 Å². The monoisotopic (exact) mass is 286 g/mol. The van der Waals surface area contributed by atoms with E-state index in [2.05, 4.69) is 0 Å². The minimum absolute atomic E-state index is 0.0488. The molecule has 2 atom stereocenters. The summed E-state index contributed by atoms with van der Waals surface area (Å²) in [5.74, 6) is 2.76. The molecule has 0 N–H and O–H groups in total. The van der Waals surface area contributed by atoms with Gasteiger partial charge in [-0.3, -0.25) is 0 Å². The van der Waals surface area contributed by atoms with Crippen molar-refractivity contribution in [1.29, 1.82) is 0 Å². The second-order valence-corrected chi connectivity index (χ2v) is 4.73. The Morgan fingerprint density at radius 1 is 1.16 bits per heavy atom. The number of hydrogen-bond donors (Lipinski definition) is 0. The molecule has 0 amide bonds. The highest BCUT2D eigenvalue weighted by molar-refractivity contribution is 6.18. The van der Waals surface area contributed by atoms with Crippen LogP contribution in [-0.4, -0.2) is 33.8 Å². The van der Waals surface area contributed by atoms with Gasteiger partial charge in [-0.25, -0.2) is 0 Å². The van der Waals surface area contributed by atoms with Gasteiger partial charge in [-0.15, -0.1) is 11.6 Å². The molecule has 1 heterocycles. The van der Waals surface area contributed by atoms with Gasteiger partial charge < -0.3 is 18.9 Å². The van der Waals surface area contributed by atoms with Gasteiger partial charge in [-0.1, -0.05) is 0 Å². The molecule has 0 spiro atoms. The fourth-order valence-electron chi connectivity index (χ4n) is 2.48. The van der Waals surface area contributed by atoms with Gasteiger partial charge in [0.2, 0.25) is 5.75 Å². The summed E-state index contributed by atoms with van der Waals surface area (Å²) < 4.78 is 22.0. The van der Waals surface area contributed by atoms with E-state index >= 15 is 0 Å². The highest BCUT2D eigenvalue weighted by Crippen LogP contribution is 2.46. The highest BCUT2D eigenvalue weighted by Gasteiger charge is 2.33. The maximum atomic E-state index is 6.00. The van der Waals surface area contributed by atoms with Crippen LogP contribution >= 0.6 is 11.6 Å². The van der Waals surface area contributed by atoms with Crippen molar-refractivity contribution in [3.05, 3.63) is 17.7 Å². The lowest BCUT2D eigenvalue weighted by atomic mass is 9.96. The summed E-state index contributed by atoms with van der Waals surface area (Å²) in [4.78, 5) is 0. The van der Waals surface area contributed by atoms with E-state index in [0.29, 0.717) is 29.0 Å². The third kappa shape index (κ3) is 2.60. The summed E-state index contributed by atoms with van der Waals surface area (Å²) in [6.07, 6.45) is 0.915.